The summed E-state index contributed by atoms with van der Waals surface area (Å²) in [7, 11) is 0. The molecule has 164 valence electrons. The molecule has 0 bridgehead atoms. The number of aromatic nitrogens is 2. The highest BCUT2D eigenvalue weighted by molar-refractivity contribution is 5.74. The quantitative estimate of drug-likeness (QED) is 0.291. The van der Waals surface area contributed by atoms with Crippen LogP contribution in [0.4, 0.5) is 0 Å². The number of benzene rings is 1. The first-order valence-corrected chi connectivity index (χ1v) is 11.3. The topological polar surface area (TPSA) is 61.3 Å². The number of aryl methyl sites for hydroxylation is 1. The predicted molar refractivity (Wildman–Crippen MR) is 120 cm³/mol. The Labute approximate surface area is 181 Å². The summed E-state index contributed by atoms with van der Waals surface area (Å²) >= 11 is 0. The average molecular weight is 413 g/mol. The Morgan fingerprint density at radius 1 is 0.933 bits per heavy atom. The first-order valence-electron chi connectivity index (χ1n) is 11.3. The van der Waals surface area contributed by atoms with Crippen molar-refractivity contribution in [2.45, 2.75) is 91.3 Å². The minimum Gasteiger partial charge on any atom is -0.479 e. The third-order valence-electron chi connectivity index (χ3n) is 5.17. The third kappa shape index (κ3) is 8.13. The van der Waals surface area contributed by atoms with Crippen LogP contribution in [0.5, 0.6) is 5.75 Å². The van der Waals surface area contributed by atoms with Crippen LogP contribution in [0.1, 0.15) is 78.2 Å². The molecule has 1 aromatic carbocycles. The Bertz CT molecular complexity index is 744. The van der Waals surface area contributed by atoms with Gasteiger partial charge in [-0.25, -0.2) is 14.8 Å². The van der Waals surface area contributed by atoms with Crippen LogP contribution in [0, 0.1) is 0 Å². The van der Waals surface area contributed by atoms with E-state index < -0.39 is 6.10 Å². The van der Waals surface area contributed by atoms with Crippen LogP contribution in [0.15, 0.2) is 36.7 Å². The van der Waals surface area contributed by atoms with Gasteiger partial charge in [-0.2, -0.15) is 0 Å². The lowest BCUT2D eigenvalue weighted by molar-refractivity contribution is -0.155. The molecule has 5 nitrogen and oxygen atoms in total. The van der Waals surface area contributed by atoms with Crippen LogP contribution < -0.4 is 4.74 Å². The van der Waals surface area contributed by atoms with E-state index in [-0.39, 0.29) is 12.1 Å². The lowest BCUT2D eigenvalue weighted by atomic mass is 10.1. The van der Waals surface area contributed by atoms with E-state index in [9.17, 15) is 4.79 Å². The van der Waals surface area contributed by atoms with Crippen molar-refractivity contribution in [3.8, 4) is 17.1 Å². The van der Waals surface area contributed by atoms with Crippen LogP contribution in [-0.2, 0) is 16.0 Å². The van der Waals surface area contributed by atoms with Gasteiger partial charge >= 0.3 is 5.97 Å². The van der Waals surface area contributed by atoms with Gasteiger partial charge in [-0.3, -0.25) is 0 Å². The van der Waals surface area contributed by atoms with Gasteiger partial charge in [0.1, 0.15) is 5.75 Å². The second-order valence-electron chi connectivity index (χ2n) is 7.87. The fraction of sp³-hybridized carbons (Fsp3) is 0.560. The monoisotopic (exact) mass is 412 g/mol. The van der Waals surface area contributed by atoms with E-state index in [1.54, 1.807) is 6.92 Å². The molecule has 2 aromatic rings. The van der Waals surface area contributed by atoms with E-state index in [4.69, 9.17) is 9.47 Å². The van der Waals surface area contributed by atoms with Gasteiger partial charge in [-0.15, -0.1) is 0 Å². The van der Waals surface area contributed by atoms with Crippen molar-refractivity contribution in [1.29, 1.82) is 0 Å². The molecule has 2 atom stereocenters. The third-order valence-corrected chi connectivity index (χ3v) is 5.17. The van der Waals surface area contributed by atoms with E-state index in [1.807, 2.05) is 50.5 Å². The summed E-state index contributed by atoms with van der Waals surface area (Å²) in [5, 5.41) is 0. The zero-order valence-corrected chi connectivity index (χ0v) is 18.9. The van der Waals surface area contributed by atoms with Gasteiger partial charge in [-0.1, -0.05) is 46.0 Å². The summed E-state index contributed by atoms with van der Waals surface area (Å²) in [6.45, 7) is 7.79. The molecule has 0 aliphatic rings. The Balaban J connectivity index is 1.83. The SMILES string of the molecule is CCCCCCCCc1cnc(-c2ccc(O[C@H](C)C(=O)O[C@@H](C)CC)cc2)nc1. The summed E-state index contributed by atoms with van der Waals surface area (Å²) in [6, 6.07) is 7.47. The van der Waals surface area contributed by atoms with Gasteiger partial charge in [0.25, 0.3) is 0 Å². The maximum absolute atomic E-state index is 12.0. The van der Waals surface area contributed by atoms with Gasteiger partial charge < -0.3 is 9.47 Å². The van der Waals surface area contributed by atoms with Crippen molar-refractivity contribution < 1.29 is 14.3 Å². The predicted octanol–water partition coefficient (Wildman–Crippen LogP) is 6.16. The van der Waals surface area contributed by atoms with Crippen molar-refractivity contribution >= 4 is 5.97 Å². The van der Waals surface area contributed by atoms with E-state index in [2.05, 4.69) is 16.9 Å². The minimum absolute atomic E-state index is 0.105. The van der Waals surface area contributed by atoms with Crippen molar-refractivity contribution in [1.82, 2.24) is 9.97 Å². The normalized spacial score (nSPS) is 12.9. The lowest BCUT2D eigenvalue weighted by Gasteiger charge is -2.17. The molecule has 0 saturated heterocycles. The van der Waals surface area contributed by atoms with Crippen molar-refractivity contribution in [2.75, 3.05) is 0 Å². The highest BCUT2D eigenvalue weighted by Gasteiger charge is 2.18. The number of hydrogen-bond acceptors (Lipinski definition) is 5. The smallest absolute Gasteiger partial charge is 0.347 e. The van der Waals surface area contributed by atoms with Crippen molar-refractivity contribution in [3.63, 3.8) is 0 Å². The molecule has 0 fully saturated rings. The molecule has 2 rings (SSSR count). The average Bonchev–Trinajstić information content (AvgIpc) is 2.77. The zero-order chi connectivity index (χ0) is 21.8. The van der Waals surface area contributed by atoms with E-state index >= 15 is 0 Å². The molecule has 1 aromatic heterocycles. The number of nitrogens with zero attached hydrogens (tertiary/aromatic N) is 2. The highest BCUT2D eigenvalue weighted by atomic mass is 16.6. The first kappa shape index (κ1) is 23.8. The van der Waals surface area contributed by atoms with Crippen LogP contribution in [0.25, 0.3) is 11.4 Å². The number of hydrogen-bond donors (Lipinski definition) is 0. The van der Waals surface area contributed by atoms with Gasteiger partial charge in [0.05, 0.1) is 6.10 Å². The largest absolute Gasteiger partial charge is 0.479 e. The molecule has 0 spiro atoms. The summed E-state index contributed by atoms with van der Waals surface area (Å²) in [4.78, 5) is 21.0. The van der Waals surface area contributed by atoms with Crippen molar-refractivity contribution in [2.24, 2.45) is 0 Å². The zero-order valence-electron chi connectivity index (χ0n) is 18.9. The Kier molecular flexibility index (Phi) is 10.3. The summed E-state index contributed by atoms with van der Waals surface area (Å²) in [5.74, 6) is 0.960. The second kappa shape index (κ2) is 13.0. The number of ether oxygens (including phenoxy) is 2. The molecule has 0 amide bonds. The fourth-order valence-corrected chi connectivity index (χ4v) is 3.05. The fourth-order valence-electron chi connectivity index (χ4n) is 3.05. The van der Waals surface area contributed by atoms with Crippen LogP contribution in [0.2, 0.25) is 0 Å². The minimum atomic E-state index is -0.651. The number of carbonyl (C=O) groups excluding carboxylic acids is 1. The molecule has 1 heterocycles. The molecular weight excluding hydrogens is 376 g/mol. The highest BCUT2D eigenvalue weighted by Crippen LogP contribution is 2.21. The molecule has 0 saturated carbocycles. The summed E-state index contributed by atoms with van der Waals surface area (Å²) in [6.07, 6.45) is 12.6. The molecule has 30 heavy (non-hydrogen) atoms. The lowest BCUT2D eigenvalue weighted by Crippen LogP contribution is -2.29. The van der Waals surface area contributed by atoms with E-state index in [1.165, 1.54) is 44.1 Å². The number of carbonyl (C=O) groups is 1. The second-order valence-corrected chi connectivity index (χ2v) is 7.87. The molecule has 0 N–H and O–H groups in total. The maximum Gasteiger partial charge on any atom is 0.347 e. The Morgan fingerprint density at radius 3 is 2.20 bits per heavy atom. The molecule has 0 aliphatic carbocycles. The summed E-state index contributed by atoms with van der Waals surface area (Å²) < 4.78 is 11.0. The Morgan fingerprint density at radius 2 is 1.57 bits per heavy atom. The van der Waals surface area contributed by atoms with E-state index in [0.29, 0.717) is 11.6 Å². The first-order chi connectivity index (χ1) is 14.5. The van der Waals surface area contributed by atoms with Gasteiger partial charge in [-0.05, 0) is 62.9 Å². The standard InChI is InChI=1S/C25H36N2O3/c1-5-7-8-9-10-11-12-21-17-26-24(27-18-21)22-13-15-23(16-14-22)30-20(4)25(28)29-19(3)6-2/h13-20H,5-12H2,1-4H3/t19-,20+/m0/s1. The molecule has 0 unspecified atom stereocenters. The van der Waals surface area contributed by atoms with Crippen LogP contribution in [-0.4, -0.2) is 28.1 Å². The maximum atomic E-state index is 12.0. The molecular formula is C25H36N2O3. The number of unbranched alkanes of at least 4 members (excludes halogenated alkanes) is 5. The van der Waals surface area contributed by atoms with Crippen LogP contribution in [0.3, 0.4) is 0 Å². The summed E-state index contributed by atoms with van der Waals surface area (Å²) in [5.41, 5.74) is 2.10. The van der Waals surface area contributed by atoms with Crippen molar-refractivity contribution in [3.05, 3.63) is 42.2 Å². The Hall–Kier alpha value is -2.43. The van der Waals surface area contributed by atoms with Gasteiger partial charge in [0, 0.05) is 18.0 Å². The molecule has 0 aliphatic heterocycles. The van der Waals surface area contributed by atoms with Gasteiger partial charge in [0.15, 0.2) is 11.9 Å². The molecule has 0 radical (unpaired) electrons. The molecule has 5 heteroatoms. The van der Waals surface area contributed by atoms with Gasteiger partial charge in [0.2, 0.25) is 0 Å². The van der Waals surface area contributed by atoms with Crippen LogP contribution >= 0.6 is 0 Å². The van der Waals surface area contributed by atoms with E-state index in [0.717, 1.165) is 18.4 Å². The number of rotatable bonds is 13. The number of esters is 1.